The molecule has 1 aliphatic heterocycles. The zero-order valence-electron chi connectivity index (χ0n) is 29.1. The van der Waals surface area contributed by atoms with Crippen molar-refractivity contribution < 1.29 is 33.5 Å². The van der Waals surface area contributed by atoms with Crippen LogP contribution in [0.2, 0.25) is 0 Å². The van der Waals surface area contributed by atoms with Crippen molar-refractivity contribution in [1.29, 1.82) is 0 Å². The average molecular weight is 695 g/mol. The molecule has 266 valence electrons. The third-order valence-electron chi connectivity index (χ3n) is 9.59. The quantitative estimate of drug-likeness (QED) is 0.0513. The van der Waals surface area contributed by atoms with Crippen molar-refractivity contribution in [3.8, 4) is 0 Å². The normalized spacial score (nSPS) is 17.1. The van der Waals surface area contributed by atoms with E-state index in [0.29, 0.717) is 25.0 Å². The number of Topliss-reactive ketones (excluding diaryl/α,β-unsaturated/α-hetero) is 1. The highest BCUT2D eigenvalue weighted by atomic mass is 16.6. The predicted octanol–water partition coefficient (Wildman–Crippen LogP) is 7.49. The first kappa shape index (κ1) is 35.5. The van der Waals surface area contributed by atoms with Gasteiger partial charge in [0.25, 0.3) is 5.69 Å². The molecular weight excluding hydrogens is 652 g/mol. The second-order valence-electron chi connectivity index (χ2n) is 13.9. The Balaban J connectivity index is 1.37. The maximum atomic E-state index is 14.7. The van der Waals surface area contributed by atoms with Crippen LogP contribution in [0.1, 0.15) is 90.1 Å². The number of fused-ring (bicyclic) bond motifs is 1. The van der Waals surface area contributed by atoms with Gasteiger partial charge >= 0.3 is 12.1 Å². The van der Waals surface area contributed by atoms with Crippen molar-refractivity contribution in [2.24, 2.45) is 5.41 Å². The molecule has 2 aliphatic rings. The first-order valence-electron chi connectivity index (χ1n) is 17.2. The lowest BCUT2D eigenvalue weighted by molar-refractivity contribution is -0.385. The van der Waals surface area contributed by atoms with E-state index in [-0.39, 0.29) is 41.8 Å². The lowest BCUT2D eigenvalue weighted by atomic mass is 9.75. The van der Waals surface area contributed by atoms with Gasteiger partial charge in [0.1, 0.15) is 25.1 Å². The van der Waals surface area contributed by atoms with E-state index < -0.39 is 34.4 Å². The molecular formula is C39H42N4O8. The number of hydrogen-bond donors (Lipinski definition) is 0. The monoisotopic (exact) mass is 694 g/mol. The first-order chi connectivity index (χ1) is 24.5. The van der Waals surface area contributed by atoms with Crippen LogP contribution < -0.4 is 4.90 Å². The van der Waals surface area contributed by atoms with Gasteiger partial charge in [-0.3, -0.25) is 24.6 Å². The highest BCUT2D eigenvalue weighted by Crippen LogP contribution is 2.41. The molecule has 12 nitrogen and oxygen atoms in total. The number of rotatable bonds is 11. The molecule has 2 atom stereocenters. The van der Waals surface area contributed by atoms with Gasteiger partial charge < -0.3 is 14.2 Å². The first-order valence-corrected chi connectivity index (χ1v) is 17.2. The summed E-state index contributed by atoms with van der Waals surface area (Å²) in [6, 6.07) is 22.0. The standard InChI is InChI=1S/C39H42N4O8/c1-39(2)20-19-30-32(23-39)42(33-16-10-11-21-49-33)40-35(30)36(44)34(37(45)50-24-26-12-6-4-7-13-26)29-18-17-28(22-31(29)43(47)48)41(3)38(46)51-25-27-14-8-5-9-15-27/h4-9,12-15,17-18,22,33-34H,10-11,16,19-21,23-25H2,1-3H3. The number of benzene rings is 3. The minimum Gasteiger partial charge on any atom is -0.460 e. The molecule has 1 saturated heterocycles. The lowest BCUT2D eigenvalue weighted by Gasteiger charge is -2.32. The van der Waals surface area contributed by atoms with Crippen LogP contribution in [0.25, 0.3) is 0 Å². The van der Waals surface area contributed by atoms with Gasteiger partial charge in [0, 0.05) is 31.0 Å². The van der Waals surface area contributed by atoms with Gasteiger partial charge in [0.2, 0.25) is 5.78 Å². The second kappa shape index (κ2) is 15.3. The highest BCUT2D eigenvalue weighted by molar-refractivity contribution is 6.13. The molecule has 1 amide bonds. The summed E-state index contributed by atoms with van der Waals surface area (Å²) in [7, 11) is 1.43. The van der Waals surface area contributed by atoms with Crippen LogP contribution in [0, 0.1) is 15.5 Å². The van der Waals surface area contributed by atoms with Crippen LogP contribution in [-0.4, -0.2) is 46.2 Å². The summed E-state index contributed by atoms with van der Waals surface area (Å²) < 4.78 is 19.0. The topological polar surface area (TPSA) is 143 Å². The fourth-order valence-corrected chi connectivity index (χ4v) is 6.70. The minimum absolute atomic E-state index is 0.00801. The number of amides is 1. The van der Waals surface area contributed by atoms with E-state index in [1.54, 1.807) is 28.9 Å². The molecule has 0 bridgehead atoms. The van der Waals surface area contributed by atoms with E-state index in [0.717, 1.165) is 53.5 Å². The third kappa shape index (κ3) is 8.01. The van der Waals surface area contributed by atoms with Crippen molar-refractivity contribution in [3.05, 3.63) is 123 Å². The maximum absolute atomic E-state index is 14.7. The van der Waals surface area contributed by atoms with Gasteiger partial charge in [0.05, 0.1) is 16.2 Å². The third-order valence-corrected chi connectivity index (χ3v) is 9.59. The van der Waals surface area contributed by atoms with Crippen molar-refractivity contribution in [3.63, 3.8) is 0 Å². The highest BCUT2D eigenvalue weighted by Gasteiger charge is 2.42. The van der Waals surface area contributed by atoms with E-state index in [1.165, 1.54) is 19.2 Å². The van der Waals surface area contributed by atoms with Gasteiger partial charge in [-0.2, -0.15) is 5.10 Å². The number of esters is 1. The molecule has 51 heavy (non-hydrogen) atoms. The fraction of sp³-hybridized carbons (Fsp3) is 0.385. The van der Waals surface area contributed by atoms with Gasteiger partial charge in [-0.25, -0.2) is 9.48 Å². The van der Waals surface area contributed by atoms with Gasteiger partial charge in [-0.15, -0.1) is 0 Å². The van der Waals surface area contributed by atoms with Crippen molar-refractivity contribution >= 4 is 29.2 Å². The average Bonchev–Trinajstić information content (AvgIpc) is 3.51. The van der Waals surface area contributed by atoms with Gasteiger partial charge in [-0.05, 0) is 67.2 Å². The molecule has 2 unspecified atom stereocenters. The molecule has 0 saturated carbocycles. The zero-order chi connectivity index (χ0) is 36.1. The van der Waals surface area contributed by atoms with E-state index in [4.69, 9.17) is 19.3 Å². The molecule has 1 aliphatic carbocycles. The number of hydrogen-bond acceptors (Lipinski definition) is 9. The molecule has 1 fully saturated rings. The van der Waals surface area contributed by atoms with Crippen molar-refractivity contribution in [1.82, 2.24) is 9.78 Å². The number of ketones is 1. The zero-order valence-corrected chi connectivity index (χ0v) is 29.1. The SMILES string of the molecule is CN(C(=O)OCc1ccccc1)c1ccc(C(C(=O)OCc2ccccc2)C(=O)c2nn(C3CCCCO3)c3c2CCC(C)(C)C3)c([N+](=O)[O-])c1. The van der Waals surface area contributed by atoms with E-state index in [9.17, 15) is 24.5 Å². The Morgan fingerprint density at radius 2 is 1.67 bits per heavy atom. The summed E-state index contributed by atoms with van der Waals surface area (Å²) in [5.74, 6) is -3.33. The molecule has 6 rings (SSSR count). The Morgan fingerprint density at radius 1 is 1.00 bits per heavy atom. The van der Waals surface area contributed by atoms with Crippen LogP contribution >= 0.6 is 0 Å². The van der Waals surface area contributed by atoms with Crippen molar-refractivity contribution in [2.75, 3.05) is 18.6 Å². The number of nitro benzene ring substituents is 1. The lowest BCUT2D eigenvalue weighted by Crippen LogP contribution is -2.29. The predicted molar refractivity (Wildman–Crippen MR) is 188 cm³/mol. The smallest absolute Gasteiger partial charge is 0.414 e. The maximum Gasteiger partial charge on any atom is 0.414 e. The molecule has 2 heterocycles. The van der Waals surface area contributed by atoms with Crippen molar-refractivity contribution in [2.45, 2.75) is 77.7 Å². The molecule has 0 spiro atoms. The van der Waals surface area contributed by atoms with Crippen LogP contribution in [0.15, 0.2) is 78.9 Å². The van der Waals surface area contributed by atoms with Crippen LogP contribution in [0.4, 0.5) is 16.2 Å². The van der Waals surface area contributed by atoms with Gasteiger partial charge in [0.15, 0.2) is 5.92 Å². The summed E-state index contributed by atoms with van der Waals surface area (Å²) in [5, 5.41) is 17.4. The number of ether oxygens (including phenoxy) is 3. The number of nitrogens with zero attached hydrogens (tertiary/aromatic N) is 4. The summed E-state index contributed by atoms with van der Waals surface area (Å²) in [4.78, 5) is 54.8. The van der Waals surface area contributed by atoms with Crippen LogP contribution in [0.3, 0.4) is 0 Å². The Kier molecular flexibility index (Phi) is 10.6. The van der Waals surface area contributed by atoms with Crippen LogP contribution in [-0.2, 0) is 45.1 Å². The summed E-state index contributed by atoms with van der Waals surface area (Å²) in [5.41, 5.74) is 2.60. The molecule has 0 radical (unpaired) electrons. The molecule has 3 aromatic carbocycles. The Hall–Kier alpha value is -5.36. The number of carbonyl (C=O) groups is 3. The second-order valence-corrected chi connectivity index (χ2v) is 13.9. The number of anilines is 1. The Labute approximate surface area is 296 Å². The van der Waals surface area contributed by atoms with E-state index in [1.807, 2.05) is 36.4 Å². The van der Waals surface area contributed by atoms with Crippen LogP contribution in [0.5, 0.6) is 0 Å². The Morgan fingerprint density at radius 3 is 2.29 bits per heavy atom. The number of nitro groups is 1. The molecule has 1 aromatic heterocycles. The number of aromatic nitrogens is 2. The Bertz CT molecular complexity index is 1900. The molecule has 4 aromatic rings. The minimum atomic E-state index is -1.70. The molecule has 0 N–H and O–H groups in total. The van der Waals surface area contributed by atoms with E-state index in [2.05, 4.69) is 13.8 Å². The fourth-order valence-electron chi connectivity index (χ4n) is 6.70. The largest absolute Gasteiger partial charge is 0.460 e. The summed E-state index contributed by atoms with van der Waals surface area (Å²) >= 11 is 0. The number of carbonyl (C=O) groups excluding carboxylic acids is 3. The van der Waals surface area contributed by atoms with E-state index >= 15 is 0 Å². The summed E-state index contributed by atoms with van der Waals surface area (Å²) in [6.45, 7) is 4.78. The molecule has 12 heteroatoms. The summed E-state index contributed by atoms with van der Waals surface area (Å²) in [6.07, 6.45) is 3.55. The van der Waals surface area contributed by atoms with Gasteiger partial charge in [-0.1, -0.05) is 74.5 Å².